The molecular formula is C11H10BrCl. The lowest BCUT2D eigenvalue weighted by molar-refractivity contribution is 0.968. The van der Waals surface area contributed by atoms with Crippen LogP contribution in [0.4, 0.5) is 0 Å². The van der Waals surface area contributed by atoms with Crippen LogP contribution in [0.3, 0.4) is 0 Å². The maximum atomic E-state index is 5.99. The number of halogens is 2. The predicted octanol–water partition coefficient (Wildman–Crippen LogP) is 4.45. The van der Waals surface area contributed by atoms with E-state index in [-0.39, 0.29) is 0 Å². The maximum Gasteiger partial charge on any atom is 0.0423 e. The highest BCUT2D eigenvalue weighted by atomic mass is 79.9. The average Bonchev–Trinajstić information content (AvgIpc) is 2.07. The van der Waals surface area contributed by atoms with Gasteiger partial charge in [-0.15, -0.1) is 0 Å². The quantitative estimate of drug-likeness (QED) is 0.644. The highest BCUT2D eigenvalue weighted by Crippen LogP contribution is 2.34. The van der Waals surface area contributed by atoms with E-state index in [2.05, 4.69) is 28.9 Å². The SMILES string of the molecule is CC1=CCCc2c(Br)cc(Cl)cc21. The molecular weight excluding hydrogens is 247 g/mol. The van der Waals surface area contributed by atoms with Crippen LogP contribution in [0.5, 0.6) is 0 Å². The topological polar surface area (TPSA) is 0 Å². The lowest BCUT2D eigenvalue weighted by atomic mass is 9.92. The number of rotatable bonds is 0. The minimum absolute atomic E-state index is 0.806. The smallest absolute Gasteiger partial charge is 0.0423 e. The van der Waals surface area contributed by atoms with Crippen LogP contribution in [-0.4, -0.2) is 0 Å². The first-order valence-electron chi connectivity index (χ1n) is 4.33. The van der Waals surface area contributed by atoms with Crippen LogP contribution in [0.1, 0.15) is 24.5 Å². The standard InChI is InChI=1S/C11H10BrCl/c1-7-3-2-4-9-10(7)5-8(13)6-11(9)12/h3,5-6H,2,4H2,1H3. The summed E-state index contributed by atoms with van der Waals surface area (Å²) < 4.78 is 1.14. The molecule has 0 atom stereocenters. The van der Waals surface area contributed by atoms with Crippen molar-refractivity contribution >= 4 is 33.1 Å². The molecule has 2 rings (SSSR count). The molecule has 0 fully saturated rings. The fraction of sp³-hybridized carbons (Fsp3) is 0.273. The van der Waals surface area contributed by atoms with E-state index in [9.17, 15) is 0 Å². The van der Waals surface area contributed by atoms with Crippen LogP contribution >= 0.6 is 27.5 Å². The Balaban J connectivity index is 2.66. The number of hydrogen-bond donors (Lipinski definition) is 0. The summed E-state index contributed by atoms with van der Waals surface area (Å²) >= 11 is 9.54. The number of fused-ring (bicyclic) bond motifs is 1. The van der Waals surface area contributed by atoms with E-state index in [1.54, 1.807) is 0 Å². The predicted molar refractivity (Wildman–Crippen MR) is 61.1 cm³/mol. The van der Waals surface area contributed by atoms with Gasteiger partial charge in [0.2, 0.25) is 0 Å². The third-order valence-electron chi connectivity index (χ3n) is 2.43. The summed E-state index contributed by atoms with van der Waals surface area (Å²) in [5.74, 6) is 0. The van der Waals surface area contributed by atoms with E-state index in [1.165, 1.54) is 16.7 Å². The molecule has 0 bridgehead atoms. The molecule has 0 aromatic heterocycles. The number of allylic oxidation sites excluding steroid dienone is 2. The molecule has 0 radical (unpaired) electrons. The first kappa shape index (κ1) is 9.29. The van der Waals surface area contributed by atoms with Crippen LogP contribution in [-0.2, 0) is 6.42 Å². The van der Waals surface area contributed by atoms with Crippen molar-refractivity contribution in [3.63, 3.8) is 0 Å². The third-order valence-corrected chi connectivity index (χ3v) is 3.36. The van der Waals surface area contributed by atoms with Crippen LogP contribution in [0.2, 0.25) is 5.02 Å². The van der Waals surface area contributed by atoms with E-state index in [0.717, 1.165) is 22.3 Å². The fourth-order valence-corrected chi connectivity index (χ4v) is 2.76. The molecule has 1 aliphatic rings. The van der Waals surface area contributed by atoms with Crippen LogP contribution in [0, 0.1) is 0 Å². The molecule has 68 valence electrons. The molecule has 0 nitrogen and oxygen atoms in total. The van der Waals surface area contributed by atoms with Gasteiger partial charge in [-0.2, -0.15) is 0 Å². The molecule has 0 saturated heterocycles. The van der Waals surface area contributed by atoms with Crippen LogP contribution in [0.25, 0.3) is 5.57 Å². The molecule has 0 spiro atoms. The molecule has 0 unspecified atom stereocenters. The first-order valence-corrected chi connectivity index (χ1v) is 5.50. The van der Waals surface area contributed by atoms with Gasteiger partial charge in [-0.3, -0.25) is 0 Å². The zero-order chi connectivity index (χ0) is 9.42. The molecule has 1 aromatic rings. The molecule has 1 aliphatic carbocycles. The van der Waals surface area contributed by atoms with E-state index in [1.807, 2.05) is 12.1 Å². The van der Waals surface area contributed by atoms with Gasteiger partial charge in [-0.1, -0.05) is 33.6 Å². The van der Waals surface area contributed by atoms with E-state index in [0.29, 0.717) is 0 Å². The molecule has 0 saturated carbocycles. The molecule has 13 heavy (non-hydrogen) atoms. The monoisotopic (exact) mass is 256 g/mol. The van der Waals surface area contributed by atoms with Gasteiger partial charge < -0.3 is 0 Å². The van der Waals surface area contributed by atoms with Gasteiger partial charge in [0, 0.05) is 9.50 Å². The van der Waals surface area contributed by atoms with Crippen molar-refractivity contribution in [3.05, 3.63) is 38.8 Å². The van der Waals surface area contributed by atoms with Crippen molar-refractivity contribution in [2.75, 3.05) is 0 Å². The lowest BCUT2D eigenvalue weighted by Gasteiger charge is -2.16. The van der Waals surface area contributed by atoms with Gasteiger partial charge in [-0.05, 0) is 48.6 Å². The first-order chi connectivity index (χ1) is 6.18. The van der Waals surface area contributed by atoms with Crippen LogP contribution in [0.15, 0.2) is 22.7 Å². The van der Waals surface area contributed by atoms with Crippen molar-refractivity contribution in [1.29, 1.82) is 0 Å². The summed E-state index contributed by atoms with van der Waals surface area (Å²) in [5, 5.41) is 0.806. The Bertz CT molecular complexity index is 380. The molecule has 1 aromatic carbocycles. The highest BCUT2D eigenvalue weighted by molar-refractivity contribution is 9.10. The number of hydrogen-bond acceptors (Lipinski definition) is 0. The minimum atomic E-state index is 0.806. The Morgan fingerprint density at radius 3 is 2.92 bits per heavy atom. The van der Waals surface area contributed by atoms with Gasteiger partial charge in [0.15, 0.2) is 0 Å². The lowest BCUT2D eigenvalue weighted by Crippen LogP contribution is -1.98. The Morgan fingerprint density at radius 1 is 1.38 bits per heavy atom. The van der Waals surface area contributed by atoms with Crippen LogP contribution < -0.4 is 0 Å². The minimum Gasteiger partial charge on any atom is -0.0843 e. The Morgan fingerprint density at radius 2 is 2.15 bits per heavy atom. The Labute approximate surface area is 91.7 Å². The van der Waals surface area contributed by atoms with Crippen molar-refractivity contribution in [2.45, 2.75) is 19.8 Å². The highest BCUT2D eigenvalue weighted by Gasteiger charge is 2.12. The molecule has 0 aliphatic heterocycles. The summed E-state index contributed by atoms with van der Waals surface area (Å²) in [5.41, 5.74) is 4.03. The maximum absolute atomic E-state index is 5.99. The zero-order valence-electron chi connectivity index (χ0n) is 7.40. The largest absolute Gasteiger partial charge is 0.0843 e. The van der Waals surface area contributed by atoms with E-state index < -0.39 is 0 Å². The van der Waals surface area contributed by atoms with Crippen molar-refractivity contribution < 1.29 is 0 Å². The van der Waals surface area contributed by atoms with E-state index in [4.69, 9.17) is 11.6 Å². The van der Waals surface area contributed by atoms with Crippen molar-refractivity contribution in [2.24, 2.45) is 0 Å². The Hall–Kier alpha value is -0.270. The van der Waals surface area contributed by atoms with Crippen molar-refractivity contribution in [1.82, 2.24) is 0 Å². The van der Waals surface area contributed by atoms with Gasteiger partial charge in [0.05, 0.1) is 0 Å². The summed E-state index contributed by atoms with van der Waals surface area (Å²) in [4.78, 5) is 0. The number of benzene rings is 1. The summed E-state index contributed by atoms with van der Waals surface area (Å²) in [7, 11) is 0. The van der Waals surface area contributed by atoms with E-state index >= 15 is 0 Å². The molecule has 0 amide bonds. The molecule has 0 N–H and O–H groups in total. The molecule has 0 heterocycles. The third kappa shape index (κ3) is 1.68. The summed E-state index contributed by atoms with van der Waals surface area (Å²) in [6.45, 7) is 2.14. The summed E-state index contributed by atoms with van der Waals surface area (Å²) in [6, 6.07) is 4.02. The van der Waals surface area contributed by atoms with Gasteiger partial charge in [-0.25, -0.2) is 0 Å². The van der Waals surface area contributed by atoms with Crippen molar-refractivity contribution in [3.8, 4) is 0 Å². The molecule has 2 heteroatoms. The van der Waals surface area contributed by atoms with Gasteiger partial charge in [0.1, 0.15) is 0 Å². The summed E-state index contributed by atoms with van der Waals surface area (Å²) in [6.07, 6.45) is 4.52. The average molecular weight is 258 g/mol. The van der Waals surface area contributed by atoms with Gasteiger partial charge >= 0.3 is 0 Å². The second kappa shape index (κ2) is 3.47. The Kier molecular flexibility index (Phi) is 2.48. The fourth-order valence-electron chi connectivity index (χ4n) is 1.75. The second-order valence-corrected chi connectivity index (χ2v) is 4.63. The zero-order valence-corrected chi connectivity index (χ0v) is 9.74. The van der Waals surface area contributed by atoms with Gasteiger partial charge in [0.25, 0.3) is 0 Å². The second-order valence-electron chi connectivity index (χ2n) is 3.34. The normalized spacial score (nSPS) is 15.2.